The van der Waals surface area contributed by atoms with Crippen LogP contribution in [0.25, 0.3) is 0 Å². The second-order valence-electron chi connectivity index (χ2n) is 6.58. The van der Waals surface area contributed by atoms with Gasteiger partial charge in [-0.1, -0.05) is 6.42 Å². The average Bonchev–Trinajstić information content (AvgIpc) is 2.78. The topological polar surface area (TPSA) is 67.2 Å². The van der Waals surface area contributed by atoms with Crippen molar-refractivity contribution in [1.29, 1.82) is 0 Å². The molecule has 0 aromatic carbocycles. The molecule has 1 amide bonds. The Kier molecular flexibility index (Phi) is 4.02. The Bertz CT molecular complexity index is 494. The summed E-state index contributed by atoms with van der Waals surface area (Å²) in [4.78, 5) is 16.7. The van der Waals surface area contributed by atoms with Crippen LogP contribution < -0.4 is 5.32 Å². The van der Waals surface area contributed by atoms with E-state index in [9.17, 15) is 9.90 Å². The number of nitrogens with one attached hydrogen (secondary N) is 1. The van der Waals surface area contributed by atoms with Crippen LogP contribution in [-0.2, 0) is 24.2 Å². The van der Waals surface area contributed by atoms with Gasteiger partial charge in [0, 0.05) is 32.1 Å². The number of hydrogen-bond donors (Lipinski definition) is 2. The van der Waals surface area contributed by atoms with Crippen molar-refractivity contribution in [1.82, 2.24) is 14.9 Å². The lowest BCUT2D eigenvalue weighted by molar-refractivity contribution is -0.147. The molecule has 1 aliphatic heterocycles. The molecule has 0 saturated heterocycles. The van der Waals surface area contributed by atoms with Gasteiger partial charge < -0.3 is 15.0 Å². The van der Waals surface area contributed by atoms with Crippen molar-refractivity contribution in [2.24, 2.45) is 5.92 Å². The second-order valence-corrected chi connectivity index (χ2v) is 6.58. The van der Waals surface area contributed by atoms with Crippen molar-refractivity contribution in [3.63, 3.8) is 0 Å². The SMILES string of the molecule is CC(O)(C(=O)NCCc1cn2c(n1)CCCC2)C1CCC1. The number of aryl methyl sites for hydroxylation is 2. The first-order chi connectivity index (χ1) is 10.1. The lowest BCUT2D eigenvalue weighted by Crippen LogP contribution is -2.52. The van der Waals surface area contributed by atoms with Crippen LogP contribution in [0.4, 0.5) is 0 Å². The van der Waals surface area contributed by atoms with Gasteiger partial charge in [0.2, 0.25) is 0 Å². The van der Waals surface area contributed by atoms with Crippen LogP contribution in [-0.4, -0.2) is 32.7 Å². The normalized spacial score (nSPS) is 21.2. The van der Waals surface area contributed by atoms with E-state index in [0.29, 0.717) is 6.54 Å². The van der Waals surface area contributed by atoms with E-state index in [1.807, 2.05) is 0 Å². The van der Waals surface area contributed by atoms with Gasteiger partial charge in [-0.3, -0.25) is 4.79 Å². The van der Waals surface area contributed by atoms with Crippen LogP contribution in [0.5, 0.6) is 0 Å². The molecular formula is C16H25N3O2. The number of hydrogen-bond acceptors (Lipinski definition) is 3. The van der Waals surface area contributed by atoms with E-state index in [4.69, 9.17) is 0 Å². The van der Waals surface area contributed by atoms with Gasteiger partial charge in [0.15, 0.2) is 0 Å². The fourth-order valence-corrected chi connectivity index (χ4v) is 3.23. The standard InChI is InChI=1S/C16H25N3O2/c1-16(21,12-5-4-6-12)15(20)17-9-8-13-11-19-10-3-2-7-14(19)18-13/h11-12,21H,2-10H2,1H3,(H,17,20). The molecule has 3 rings (SSSR count). The number of carbonyl (C=O) groups excluding carboxylic acids is 1. The van der Waals surface area contributed by atoms with E-state index in [1.165, 1.54) is 18.7 Å². The predicted molar refractivity (Wildman–Crippen MR) is 79.8 cm³/mol. The second kappa shape index (κ2) is 5.79. The number of aromatic nitrogens is 2. The molecule has 1 saturated carbocycles. The summed E-state index contributed by atoms with van der Waals surface area (Å²) < 4.78 is 2.23. The molecule has 5 nitrogen and oxygen atoms in total. The highest BCUT2D eigenvalue weighted by Crippen LogP contribution is 2.36. The lowest BCUT2D eigenvalue weighted by Gasteiger charge is -2.37. The summed E-state index contributed by atoms with van der Waals surface area (Å²) in [6, 6.07) is 0. The van der Waals surface area contributed by atoms with E-state index < -0.39 is 5.60 Å². The van der Waals surface area contributed by atoms with Crippen LogP contribution in [0.1, 0.15) is 50.5 Å². The molecule has 1 aromatic heterocycles. The van der Waals surface area contributed by atoms with Gasteiger partial charge >= 0.3 is 0 Å². The third-order valence-corrected chi connectivity index (χ3v) is 4.98. The molecule has 0 radical (unpaired) electrons. The third kappa shape index (κ3) is 2.98. The van der Waals surface area contributed by atoms with Crippen molar-refractivity contribution in [3.8, 4) is 0 Å². The van der Waals surface area contributed by atoms with Gasteiger partial charge in [-0.2, -0.15) is 0 Å². The fraction of sp³-hybridized carbons (Fsp3) is 0.750. The minimum Gasteiger partial charge on any atom is -0.380 e. The maximum absolute atomic E-state index is 12.1. The number of nitrogens with zero attached hydrogens (tertiary/aromatic N) is 2. The van der Waals surface area contributed by atoms with Crippen molar-refractivity contribution >= 4 is 5.91 Å². The maximum Gasteiger partial charge on any atom is 0.251 e. The largest absolute Gasteiger partial charge is 0.380 e. The van der Waals surface area contributed by atoms with Crippen LogP contribution in [0, 0.1) is 5.92 Å². The molecule has 116 valence electrons. The number of fused-ring (bicyclic) bond motifs is 1. The molecule has 0 bridgehead atoms. The van der Waals surface area contributed by atoms with Gasteiger partial charge in [0.05, 0.1) is 5.69 Å². The number of carbonyl (C=O) groups is 1. The van der Waals surface area contributed by atoms with E-state index in [-0.39, 0.29) is 11.8 Å². The quantitative estimate of drug-likeness (QED) is 0.862. The highest BCUT2D eigenvalue weighted by Gasteiger charge is 2.41. The molecule has 5 heteroatoms. The Labute approximate surface area is 125 Å². The highest BCUT2D eigenvalue weighted by atomic mass is 16.3. The predicted octanol–water partition coefficient (Wildman–Crippen LogP) is 1.43. The van der Waals surface area contributed by atoms with E-state index in [2.05, 4.69) is 21.1 Å². The van der Waals surface area contributed by atoms with Crippen molar-refractivity contribution in [2.45, 2.75) is 64.0 Å². The molecule has 1 aliphatic carbocycles. The molecule has 1 aromatic rings. The first-order valence-electron chi connectivity index (χ1n) is 8.13. The summed E-state index contributed by atoms with van der Waals surface area (Å²) in [5.74, 6) is 1.05. The summed E-state index contributed by atoms with van der Waals surface area (Å²) in [5, 5.41) is 13.2. The van der Waals surface area contributed by atoms with E-state index in [1.54, 1.807) is 6.92 Å². The number of aliphatic hydroxyl groups is 1. The Morgan fingerprint density at radius 3 is 2.95 bits per heavy atom. The minimum atomic E-state index is -1.22. The van der Waals surface area contributed by atoms with Crippen LogP contribution in [0.15, 0.2) is 6.20 Å². The van der Waals surface area contributed by atoms with Crippen LogP contribution >= 0.6 is 0 Å². The lowest BCUT2D eigenvalue weighted by atomic mass is 9.73. The third-order valence-electron chi connectivity index (χ3n) is 4.98. The zero-order valence-corrected chi connectivity index (χ0v) is 12.8. The van der Waals surface area contributed by atoms with Crippen LogP contribution in [0.3, 0.4) is 0 Å². The summed E-state index contributed by atoms with van der Waals surface area (Å²) in [6.07, 6.45) is 9.36. The molecule has 1 fully saturated rings. The Hall–Kier alpha value is -1.36. The Morgan fingerprint density at radius 2 is 2.29 bits per heavy atom. The first-order valence-corrected chi connectivity index (χ1v) is 8.13. The monoisotopic (exact) mass is 291 g/mol. The molecule has 0 spiro atoms. The smallest absolute Gasteiger partial charge is 0.251 e. The van der Waals surface area contributed by atoms with Gasteiger partial charge in [0.1, 0.15) is 11.4 Å². The minimum absolute atomic E-state index is 0.123. The summed E-state index contributed by atoms with van der Waals surface area (Å²) >= 11 is 0. The van der Waals surface area contributed by atoms with Crippen molar-refractivity contribution in [2.75, 3.05) is 6.54 Å². The Balaban J connectivity index is 1.49. The van der Waals surface area contributed by atoms with E-state index in [0.717, 1.165) is 44.3 Å². The number of imidazole rings is 1. The van der Waals surface area contributed by atoms with Gasteiger partial charge in [-0.05, 0) is 38.5 Å². The molecule has 21 heavy (non-hydrogen) atoms. The average molecular weight is 291 g/mol. The molecule has 1 atom stereocenters. The summed E-state index contributed by atoms with van der Waals surface area (Å²) in [6.45, 7) is 3.24. The molecule has 1 unspecified atom stereocenters. The van der Waals surface area contributed by atoms with Crippen molar-refractivity contribution in [3.05, 3.63) is 17.7 Å². The van der Waals surface area contributed by atoms with E-state index >= 15 is 0 Å². The van der Waals surface area contributed by atoms with Gasteiger partial charge in [-0.25, -0.2) is 4.98 Å². The fourth-order valence-electron chi connectivity index (χ4n) is 3.23. The number of amides is 1. The van der Waals surface area contributed by atoms with Crippen molar-refractivity contribution < 1.29 is 9.90 Å². The van der Waals surface area contributed by atoms with Gasteiger partial charge in [-0.15, -0.1) is 0 Å². The molecular weight excluding hydrogens is 266 g/mol. The molecule has 2 aliphatic rings. The van der Waals surface area contributed by atoms with Crippen LogP contribution in [0.2, 0.25) is 0 Å². The zero-order chi connectivity index (χ0) is 14.9. The maximum atomic E-state index is 12.1. The number of rotatable bonds is 5. The van der Waals surface area contributed by atoms with Gasteiger partial charge in [0.25, 0.3) is 5.91 Å². The first kappa shape index (κ1) is 14.6. The Morgan fingerprint density at radius 1 is 1.48 bits per heavy atom. The summed E-state index contributed by atoms with van der Waals surface area (Å²) in [5.41, 5.74) is -0.179. The zero-order valence-electron chi connectivity index (χ0n) is 12.8. The molecule has 2 N–H and O–H groups in total. The molecule has 2 heterocycles. The highest BCUT2D eigenvalue weighted by molar-refractivity contribution is 5.84. The summed E-state index contributed by atoms with van der Waals surface area (Å²) in [7, 11) is 0.